The molecule has 2 fully saturated rings. The Kier molecular flexibility index (Phi) is 4.18. The topological polar surface area (TPSA) is 47.6 Å². The highest BCUT2D eigenvalue weighted by Gasteiger charge is 2.29. The summed E-state index contributed by atoms with van der Waals surface area (Å²) in [5.41, 5.74) is 0. The largest absolute Gasteiger partial charge is 0.459 e. The second kappa shape index (κ2) is 5.64. The van der Waals surface area contributed by atoms with Gasteiger partial charge < -0.3 is 14.8 Å². The quantitative estimate of drug-likeness (QED) is 0.733. The second-order valence-electron chi connectivity index (χ2n) is 4.73. The van der Waals surface area contributed by atoms with Crippen molar-refractivity contribution < 1.29 is 14.3 Å². The van der Waals surface area contributed by atoms with Gasteiger partial charge in [0, 0.05) is 6.42 Å². The van der Waals surface area contributed by atoms with Crippen LogP contribution in [0.3, 0.4) is 0 Å². The minimum atomic E-state index is -0.0979. The van der Waals surface area contributed by atoms with Crippen LogP contribution in [-0.2, 0) is 14.3 Å². The standard InChI is InChI=1S/C12H21NO3/c1-2-9-3-5-13-11(7-9)12(14)16-10-4-6-15-8-10/h9-11,13H,2-8H2,1H3. The lowest BCUT2D eigenvalue weighted by atomic mass is 9.90. The first-order valence-electron chi connectivity index (χ1n) is 6.31. The smallest absolute Gasteiger partial charge is 0.323 e. The van der Waals surface area contributed by atoms with Gasteiger partial charge in [0.05, 0.1) is 13.2 Å². The molecule has 3 unspecified atom stereocenters. The van der Waals surface area contributed by atoms with Gasteiger partial charge in [0.25, 0.3) is 0 Å². The van der Waals surface area contributed by atoms with E-state index in [1.165, 1.54) is 6.42 Å². The Morgan fingerprint density at radius 2 is 2.38 bits per heavy atom. The molecule has 0 radical (unpaired) electrons. The van der Waals surface area contributed by atoms with Crippen molar-refractivity contribution in [2.45, 2.75) is 44.8 Å². The molecule has 4 heteroatoms. The zero-order valence-corrected chi connectivity index (χ0v) is 9.91. The molecule has 0 amide bonds. The maximum atomic E-state index is 11.9. The molecule has 0 bridgehead atoms. The van der Waals surface area contributed by atoms with Gasteiger partial charge >= 0.3 is 5.97 Å². The maximum Gasteiger partial charge on any atom is 0.323 e. The maximum absolute atomic E-state index is 11.9. The molecule has 2 aliphatic rings. The van der Waals surface area contributed by atoms with Crippen LogP contribution in [0.4, 0.5) is 0 Å². The molecule has 16 heavy (non-hydrogen) atoms. The fourth-order valence-corrected chi connectivity index (χ4v) is 2.40. The molecule has 0 aliphatic carbocycles. The molecule has 0 saturated carbocycles. The molecule has 0 aromatic carbocycles. The number of ether oxygens (including phenoxy) is 2. The molecule has 2 heterocycles. The first kappa shape index (κ1) is 11.9. The van der Waals surface area contributed by atoms with Gasteiger partial charge in [-0.3, -0.25) is 4.79 Å². The summed E-state index contributed by atoms with van der Waals surface area (Å²) >= 11 is 0. The number of nitrogens with one attached hydrogen (secondary N) is 1. The molecular weight excluding hydrogens is 206 g/mol. The van der Waals surface area contributed by atoms with E-state index in [4.69, 9.17) is 9.47 Å². The normalized spacial score (nSPS) is 34.9. The van der Waals surface area contributed by atoms with Crippen LogP contribution in [0.15, 0.2) is 0 Å². The average Bonchev–Trinajstić information content (AvgIpc) is 2.82. The van der Waals surface area contributed by atoms with E-state index in [9.17, 15) is 4.79 Å². The molecule has 2 rings (SSSR count). The van der Waals surface area contributed by atoms with Gasteiger partial charge in [-0.25, -0.2) is 0 Å². The van der Waals surface area contributed by atoms with Crippen LogP contribution in [0.2, 0.25) is 0 Å². The van der Waals surface area contributed by atoms with Crippen molar-refractivity contribution in [1.82, 2.24) is 5.32 Å². The van der Waals surface area contributed by atoms with Crippen LogP contribution >= 0.6 is 0 Å². The van der Waals surface area contributed by atoms with Crippen molar-refractivity contribution in [3.63, 3.8) is 0 Å². The molecule has 1 N–H and O–H groups in total. The van der Waals surface area contributed by atoms with E-state index in [1.807, 2.05) is 0 Å². The van der Waals surface area contributed by atoms with Crippen LogP contribution < -0.4 is 5.32 Å². The SMILES string of the molecule is CCC1CCNC(C(=O)OC2CCOC2)C1. The van der Waals surface area contributed by atoms with E-state index in [0.717, 1.165) is 25.8 Å². The van der Waals surface area contributed by atoms with Crippen molar-refractivity contribution >= 4 is 5.97 Å². The molecule has 2 aliphatic heterocycles. The molecule has 3 atom stereocenters. The van der Waals surface area contributed by atoms with Gasteiger partial charge in [0.1, 0.15) is 12.1 Å². The van der Waals surface area contributed by atoms with Crippen molar-refractivity contribution in [1.29, 1.82) is 0 Å². The summed E-state index contributed by atoms with van der Waals surface area (Å²) < 4.78 is 10.6. The van der Waals surface area contributed by atoms with Gasteiger partial charge in [-0.2, -0.15) is 0 Å². The first-order valence-corrected chi connectivity index (χ1v) is 6.31. The predicted octanol–water partition coefficient (Wildman–Crippen LogP) is 1.10. The monoisotopic (exact) mass is 227 g/mol. The van der Waals surface area contributed by atoms with E-state index in [2.05, 4.69) is 12.2 Å². The Hall–Kier alpha value is -0.610. The molecule has 2 saturated heterocycles. The second-order valence-corrected chi connectivity index (χ2v) is 4.73. The lowest BCUT2D eigenvalue weighted by molar-refractivity contribution is -0.152. The number of rotatable bonds is 3. The summed E-state index contributed by atoms with van der Waals surface area (Å²) in [7, 11) is 0. The summed E-state index contributed by atoms with van der Waals surface area (Å²) in [6.45, 7) is 4.39. The van der Waals surface area contributed by atoms with Gasteiger partial charge in [-0.15, -0.1) is 0 Å². The van der Waals surface area contributed by atoms with Crippen LogP contribution in [0, 0.1) is 5.92 Å². The lowest BCUT2D eigenvalue weighted by Crippen LogP contribution is -2.45. The minimum absolute atomic E-state index is 0.0173. The summed E-state index contributed by atoms with van der Waals surface area (Å²) in [5.74, 6) is 0.576. The van der Waals surface area contributed by atoms with E-state index < -0.39 is 0 Å². The number of carbonyl (C=O) groups excluding carboxylic acids is 1. The Bertz CT molecular complexity index is 238. The van der Waals surface area contributed by atoms with E-state index in [1.54, 1.807) is 0 Å². The number of esters is 1. The Balaban J connectivity index is 1.79. The van der Waals surface area contributed by atoms with Crippen molar-refractivity contribution in [2.24, 2.45) is 5.92 Å². The lowest BCUT2D eigenvalue weighted by Gasteiger charge is -2.28. The van der Waals surface area contributed by atoms with Crippen molar-refractivity contribution in [3.8, 4) is 0 Å². The Morgan fingerprint density at radius 3 is 3.06 bits per heavy atom. The van der Waals surface area contributed by atoms with Crippen LogP contribution in [0.25, 0.3) is 0 Å². The number of hydrogen-bond donors (Lipinski definition) is 1. The van der Waals surface area contributed by atoms with Gasteiger partial charge in [-0.05, 0) is 25.3 Å². The summed E-state index contributed by atoms with van der Waals surface area (Å²) in [6, 6.07) is -0.0979. The minimum Gasteiger partial charge on any atom is -0.459 e. The third kappa shape index (κ3) is 2.95. The van der Waals surface area contributed by atoms with Crippen LogP contribution in [0.1, 0.15) is 32.6 Å². The summed E-state index contributed by atoms with van der Waals surface area (Å²) in [4.78, 5) is 11.9. The fraction of sp³-hybridized carbons (Fsp3) is 0.917. The van der Waals surface area contributed by atoms with Gasteiger partial charge in [-0.1, -0.05) is 13.3 Å². The first-order chi connectivity index (χ1) is 7.79. The van der Waals surface area contributed by atoms with Crippen molar-refractivity contribution in [3.05, 3.63) is 0 Å². The van der Waals surface area contributed by atoms with Gasteiger partial charge in [0.15, 0.2) is 0 Å². The third-order valence-corrected chi connectivity index (χ3v) is 3.54. The van der Waals surface area contributed by atoms with E-state index in [0.29, 0.717) is 19.1 Å². The summed E-state index contributed by atoms with van der Waals surface area (Å²) in [6.07, 6.45) is 4.07. The third-order valence-electron chi connectivity index (χ3n) is 3.54. The summed E-state index contributed by atoms with van der Waals surface area (Å²) in [5, 5.41) is 3.24. The molecule has 92 valence electrons. The number of hydrogen-bond acceptors (Lipinski definition) is 4. The Labute approximate surface area is 96.7 Å². The van der Waals surface area contributed by atoms with Crippen LogP contribution in [0.5, 0.6) is 0 Å². The highest BCUT2D eigenvalue weighted by Crippen LogP contribution is 2.21. The molecule has 0 aromatic rings. The predicted molar refractivity (Wildman–Crippen MR) is 60.1 cm³/mol. The molecule has 0 spiro atoms. The fourth-order valence-electron chi connectivity index (χ4n) is 2.40. The highest BCUT2D eigenvalue weighted by molar-refractivity contribution is 5.76. The number of piperidine rings is 1. The van der Waals surface area contributed by atoms with Gasteiger partial charge in [0.2, 0.25) is 0 Å². The van der Waals surface area contributed by atoms with E-state index in [-0.39, 0.29) is 18.1 Å². The van der Waals surface area contributed by atoms with Crippen molar-refractivity contribution in [2.75, 3.05) is 19.8 Å². The molecular formula is C12H21NO3. The molecule has 4 nitrogen and oxygen atoms in total. The zero-order valence-electron chi connectivity index (χ0n) is 9.91. The number of carbonyl (C=O) groups is 1. The highest BCUT2D eigenvalue weighted by atomic mass is 16.6. The average molecular weight is 227 g/mol. The zero-order chi connectivity index (χ0) is 11.4. The van der Waals surface area contributed by atoms with E-state index >= 15 is 0 Å². The molecule has 0 aromatic heterocycles. The Morgan fingerprint density at radius 1 is 1.50 bits per heavy atom. The van der Waals surface area contributed by atoms with Crippen LogP contribution in [-0.4, -0.2) is 37.9 Å².